The van der Waals surface area contributed by atoms with Crippen molar-refractivity contribution < 1.29 is 14.5 Å². The second-order valence-corrected chi connectivity index (χ2v) is 7.80. The second-order valence-electron chi connectivity index (χ2n) is 5.05. The highest BCUT2D eigenvalue weighted by Gasteiger charge is 2.12. The fourth-order valence-corrected chi connectivity index (χ4v) is 3.65. The number of nitrogens with one attached hydrogen (secondary N) is 1. The van der Waals surface area contributed by atoms with Gasteiger partial charge in [0.2, 0.25) is 0 Å². The quantitative estimate of drug-likeness (QED) is 0.519. The van der Waals surface area contributed by atoms with Crippen molar-refractivity contribution in [1.82, 2.24) is 9.97 Å². The highest BCUT2D eigenvalue weighted by atomic mass is 35.5. The zero-order valence-corrected chi connectivity index (χ0v) is 15.0. The van der Waals surface area contributed by atoms with Crippen LogP contribution in [-0.4, -0.2) is 37.6 Å². The van der Waals surface area contributed by atoms with Gasteiger partial charge in [-0.2, -0.15) is 0 Å². The molecule has 0 bridgehead atoms. The molecule has 124 valence electrons. The van der Waals surface area contributed by atoms with Crippen molar-refractivity contribution >= 4 is 51.5 Å². The first-order valence-corrected chi connectivity index (χ1v) is 9.84. The zero-order chi connectivity index (χ0) is 17.3. The Morgan fingerprint density at radius 1 is 1.38 bits per heavy atom. The maximum atomic E-state index is 11.5. The number of aromatic nitrogens is 2. The van der Waals surface area contributed by atoms with Gasteiger partial charge in [0.1, 0.15) is 6.26 Å². The summed E-state index contributed by atoms with van der Waals surface area (Å²) in [6.45, 7) is 0. The van der Waals surface area contributed by atoms with Crippen LogP contribution in [0.25, 0.3) is 22.2 Å². The molecule has 24 heavy (non-hydrogen) atoms. The van der Waals surface area contributed by atoms with Crippen LogP contribution in [0.4, 0.5) is 0 Å². The van der Waals surface area contributed by atoms with Gasteiger partial charge in [0.25, 0.3) is 0 Å². The van der Waals surface area contributed by atoms with E-state index >= 15 is 0 Å². The van der Waals surface area contributed by atoms with Crippen molar-refractivity contribution in [2.24, 2.45) is 0 Å². The van der Waals surface area contributed by atoms with Crippen LogP contribution in [0.1, 0.15) is 0 Å². The van der Waals surface area contributed by atoms with Crippen LogP contribution < -0.4 is 0 Å². The lowest BCUT2D eigenvalue weighted by molar-refractivity contribution is -0.133. The first-order valence-electron chi connectivity index (χ1n) is 6.92. The van der Waals surface area contributed by atoms with Gasteiger partial charge in [0, 0.05) is 5.56 Å². The number of nitrogens with zero attached hydrogens (tertiary/aromatic N) is 1. The molecule has 0 fully saturated rings. The van der Waals surface area contributed by atoms with Gasteiger partial charge in [0.15, 0.2) is 10.1 Å². The minimum Gasteiger partial charge on any atom is -0.612 e. The van der Waals surface area contributed by atoms with Crippen LogP contribution in [0.15, 0.2) is 46.5 Å². The minimum atomic E-state index is -1.03. The Kier molecular flexibility index (Phi) is 5.05. The van der Waals surface area contributed by atoms with Gasteiger partial charge >= 0.3 is 5.97 Å². The summed E-state index contributed by atoms with van der Waals surface area (Å²) in [7, 11) is 0. The van der Waals surface area contributed by atoms with Gasteiger partial charge in [0.05, 0.1) is 21.8 Å². The number of benzene rings is 2. The Balaban J connectivity index is 1.96. The molecular formula is C16H13ClN2O3S2. The van der Waals surface area contributed by atoms with Crippen LogP contribution in [0.5, 0.6) is 0 Å². The van der Waals surface area contributed by atoms with E-state index in [1.54, 1.807) is 12.3 Å². The number of rotatable bonds is 5. The van der Waals surface area contributed by atoms with Crippen molar-refractivity contribution in [3.8, 4) is 11.1 Å². The number of thioether (sulfide) groups is 1. The molecule has 1 heterocycles. The van der Waals surface area contributed by atoms with Crippen LogP contribution in [0.3, 0.4) is 0 Å². The van der Waals surface area contributed by atoms with E-state index in [0.717, 1.165) is 33.3 Å². The Bertz CT molecular complexity index is 894. The highest BCUT2D eigenvalue weighted by Crippen LogP contribution is 2.33. The normalized spacial score (nSPS) is 12.5. The molecule has 1 atom stereocenters. The van der Waals surface area contributed by atoms with Crippen molar-refractivity contribution in [3.63, 3.8) is 0 Å². The summed E-state index contributed by atoms with van der Waals surface area (Å²) in [6.07, 6.45) is 1.63. The summed E-state index contributed by atoms with van der Waals surface area (Å²) in [6, 6.07) is 11.0. The van der Waals surface area contributed by atoms with Gasteiger partial charge in [-0.25, -0.2) is 4.98 Å². The van der Waals surface area contributed by atoms with Gasteiger partial charge in [-0.1, -0.05) is 23.4 Å². The topological polar surface area (TPSA) is 89.0 Å². The standard InChI is InChI=1S/C16H13ClN2O3S2/c1-24(22)10-4-2-9(3-5-10)11-6-13-14(7-12(11)17)19-16(18-13)23-8-15(20)21/h2-7H,8H2,1H3,(H,18,19)(H,20,21). The van der Waals surface area contributed by atoms with Gasteiger partial charge < -0.3 is 14.6 Å². The van der Waals surface area contributed by atoms with Gasteiger partial charge in [-0.3, -0.25) is 4.79 Å². The number of hydrogen-bond acceptors (Lipinski definition) is 4. The number of halogens is 1. The van der Waals surface area contributed by atoms with Crippen LogP contribution in [-0.2, 0) is 16.0 Å². The molecule has 8 heteroatoms. The number of H-pyrrole nitrogens is 1. The minimum absolute atomic E-state index is 0.0595. The van der Waals surface area contributed by atoms with E-state index in [2.05, 4.69) is 9.97 Å². The van der Waals surface area contributed by atoms with Crippen LogP contribution in [0, 0.1) is 0 Å². The Morgan fingerprint density at radius 3 is 2.71 bits per heavy atom. The number of aromatic amines is 1. The molecule has 5 nitrogen and oxygen atoms in total. The van der Waals surface area contributed by atoms with E-state index in [1.807, 2.05) is 30.3 Å². The van der Waals surface area contributed by atoms with Gasteiger partial charge in [-0.05, 0) is 53.1 Å². The summed E-state index contributed by atoms with van der Waals surface area (Å²) >= 11 is 6.47. The SMILES string of the molecule is C[S+]([O-])c1ccc(-c2cc3nc(SCC(=O)O)[nH]c3cc2Cl)cc1. The smallest absolute Gasteiger partial charge is 0.313 e. The highest BCUT2D eigenvalue weighted by molar-refractivity contribution is 7.99. The van der Waals surface area contributed by atoms with Crippen molar-refractivity contribution in [1.29, 1.82) is 0 Å². The number of aliphatic carboxylic acids is 1. The summed E-state index contributed by atoms with van der Waals surface area (Å²) in [5.74, 6) is -0.955. The van der Waals surface area contributed by atoms with E-state index in [0.29, 0.717) is 15.7 Å². The third kappa shape index (κ3) is 3.70. The summed E-state index contributed by atoms with van der Waals surface area (Å²) in [5, 5.41) is 9.84. The molecular weight excluding hydrogens is 368 g/mol. The predicted molar refractivity (Wildman–Crippen MR) is 97.2 cm³/mol. The number of imidazole rings is 1. The molecule has 0 aliphatic carbocycles. The lowest BCUT2D eigenvalue weighted by Gasteiger charge is -2.07. The molecule has 2 N–H and O–H groups in total. The molecule has 0 saturated carbocycles. The fourth-order valence-electron chi connectivity index (χ4n) is 2.25. The van der Waals surface area contributed by atoms with E-state index in [9.17, 15) is 9.35 Å². The first kappa shape index (κ1) is 17.2. The number of fused-ring (bicyclic) bond motifs is 1. The summed E-state index contributed by atoms with van der Waals surface area (Å²) in [5.41, 5.74) is 3.19. The molecule has 2 aromatic carbocycles. The Labute approximate surface area is 150 Å². The van der Waals surface area contributed by atoms with Gasteiger partial charge in [-0.15, -0.1) is 0 Å². The lowest BCUT2D eigenvalue weighted by atomic mass is 10.1. The lowest BCUT2D eigenvalue weighted by Crippen LogP contribution is -1.97. The third-order valence-corrected chi connectivity index (χ3v) is 5.49. The number of carbonyl (C=O) groups is 1. The molecule has 0 saturated heterocycles. The second kappa shape index (κ2) is 7.06. The van der Waals surface area contributed by atoms with Crippen molar-refractivity contribution in [3.05, 3.63) is 41.4 Å². The molecule has 0 aliphatic rings. The zero-order valence-electron chi connectivity index (χ0n) is 12.6. The number of carboxylic acid groups (broad SMARTS) is 1. The monoisotopic (exact) mass is 380 g/mol. The van der Waals surface area contributed by atoms with E-state index in [4.69, 9.17) is 16.7 Å². The van der Waals surface area contributed by atoms with Crippen molar-refractivity contribution in [2.75, 3.05) is 12.0 Å². The summed E-state index contributed by atoms with van der Waals surface area (Å²) < 4.78 is 11.5. The maximum absolute atomic E-state index is 11.5. The molecule has 3 aromatic rings. The van der Waals surface area contributed by atoms with E-state index in [-0.39, 0.29) is 5.75 Å². The molecule has 0 aliphatic heterocycles. The van der Waals surface area contributed by atoms with E-state index < -0.39 is 17.1 Å². The molecule has 1 unspecified atom stereocenters. The van der Waals surface area contributed by atoms with Crippen LogP contribution in [0.2, 0.25) is 5.02 Å². The number of carboxylic acids is 1. The Hall–Kier alpha value is -1.67. The molecule has 0 radical (unpaired) electrons. The Morgan fingerprint density at radius 2 is 2.08 bits per heavy atom. The predicted octanol–water partition coefficient (Wildman–Crippen LogP) is 3.80. The maximum Gasteiger partial charge on any atom is 0.313 e. The average molecular weight is 381 g/mol. The number of hydrogen-bond donors (Lipinski definition) is 2. The van der Waals surface area contributed by atoms with Crippen LogP contribution >= 0.6 is 23.4 Å². The molecule has 3 rings (SSSR count). The fraction of sp³-hybridized carbons (Fsp3) is 0.125. The molecule has 0 spiro atoms. The molecule has 1 aromatic heterocycles. The van der Waals surface area contributed by atoms with Crippen molar-refractivity contribution in [2.45, 2.75) is 10.1 Å². The first-order chi connectivity index (χ1) is 11.4. The average Bonchev–Trinajstić information content (AvgIpc) is 2.94. The summed E-state index contributed by atoms with van der Waals surface area (Å²) in [4.78, 5) is 18.9. The molecule has 0 amide bonds. The van der Waals surface area contributed by atoms with E-state index in [1.165, 1.54) is 0 Å². The third-order valence-electron chi connectivity index (χ3n) is 3.38. The largest absolute Gasteiger partial charge is 0.612 e.